The summed E-state index contributed by atoms with van der Waals surface area (Å²) in [4.78, 5) is 10.9. The maximum Gasteiger partial charge on any atom is 0.231 e. The molecule has 0 amide bonds. The maximum atomic E-state index is 6.15. The van der Waals surface area contributed by atoms with Gasteiger partial charge in [0.05, 0.1) is 21.7 Å². The topological polar surface area (TPSA) is 55.1 Å². The first kappa shape index (κ1) is 13.8. The Hall–Kier alpha value is -1.17. The molecule has 5 nitrogen and oxygen atoms in total. The number of halogens is 2. The van der Waals surface area contributed by atoms with Crippen molar-refractivity contribution in [2.45, 2.75) is 25.8 Å². The molecule has 1 aliphatic rings. The molecule has 1 atom stereocenters. The molecule has 20 heavy (non-hydrogen) atoms. The van der Waals surface area contributed by atoms with Crippen LogP contribution >= 0.6 is 23.2 Å². The van der Waals surface area contributed by atoms with E-state index in [1.807, 2.05) is 6.92 Å². The highest BCUT2D eigenvalue weighted by atomic mass is 35.5. The Kier molecular flexibility index (Phi) is 3.92. The molecule has 1 aliphatic heterocycles. The largest absolute Gasteiger partial charge is 0.339 e. The van der Waals surface area contributed by atoms with Crippen LogP contribution in [0.1, 0.15) is 29.7 Å². The van der Waals surface area contributed by atoms with E-state index in [0.717, 1.165) is 31.1 Å². The van der Waals surface area contributed by atoms with Crippen LogP contribution in [0.15, 0.2) is 16.8 Å². The highest BCUT2D eigenvalue weighted by molar-refractivity contribution is 6.34. The second-order valence-electron chi connectivity index (χ2n) is 4.98. The zero-order valence-electron chi connectivity index (χ0n) is 11.0. The summed E-state index contributed by atoms with van der Waals surface area (Å²) in [5.41, 5.74) is 0.846. The van der Waals surface area contributed by atoms with E-state index in [2.05, 4.69) is 20.0 Å². The van der Waals surface area contributed by atoms with Gasteiger partial charge < -0.3 is 4.52 Å². The monoisotopic (exact) mass is 312 g/mol. The van der Waals surface area contributed by atoms with Crippen LogP contribution in [0.2, 0.25) is 10.0 Å². The second kappa shape index (κ2) is 5.68. The third kappa shape index (κ3) is 2.95. The Bertz CT molecular complexity index is 616. The quantitative estimate of drug-likeness (QED) is 0.871. The molecule has 1 fully saturated rings. The molecule has 0 radical (unpaired) electrons. The van der Waals surface area contributed by atoms with Crippen molar-refractivity contribution >= 4 is 23.2 Å². The average molecular weight is 313 g/mol. The number of aryl methyl sites for hydroxylation is 1. The van der Waals surface area contributed by atoms with Crippen molar-refractivity contribution in [3.05, 3.63) is 39.7 Å². The normalized spacial score (nSPS) is 19.6. The number of pyridine rings is 1. The molecule has 0 saturated carbocycles. The summed E-state index contributed by atoms with van der Waals surface area (Å²) >= 11 is 12.0. The summed E-state index contributed by atoms with van der Waals surface area (Å²) in [6, 6.07) is 1.72. The lowest BCUT2D eigenvalue weighted by Gasteiger charge is -2.15. The van der Waals surface area contributed by atoms with E-state index < -0.39 is 0 Å². The molecule has 7 heteroatoms. The molecular weight excluding hydrogens is 299 g/mol. The number of rotatable bonds is 3. The number of likely N-dealkylation sites (tertiary alicyclic amines) is 1. The Morgan fingerprint density at radius 2 is 2.30 bits per heavy atom. The summed E-state index contributed by atoms with van der Waals surface area (Å²) in [5, 5.41) is 5.00. The Morgan fingerprint density at radius 3 is 3.00 bits per heavy atom. The zero-order valence-corrected chi connectivity index (χ0v) is 12.5. The minimum atomic E-state index is 0.294. The van der Waals surface area contributed by atoms with Crippen molar-refractivity contribution in [1.82, 2.24) is 20.0 Å². The molecule has 0 N–H and O–H groups in total. The smallest absolute Gasteiger partial charge is 0.231 e. The fourth-order valence-electron chi connectivity index (χ4n) is 2.43. The van der Waals surface area contributed by atoms with E-state index in [0.29, 0.717) is 28.3 Å². The molecule has 2 aromatic rings. The van der Waals surface area contributed by atoms with E-state index in [1.54, 1.807) is 12.3 Å². The first-order valence-electron chi connectivity index (χ1n) is 6.44. The Balaban J connectivity index is 1.65. The van der Waals surface area contributed by atoms with Gasteiger partial charge in [-0.15, -0.1) is 0 Å². The minimum absolute atomic E-state index is 0.294. The summed E-state index contributed by atoms with van der Waals surface area (Å²) in [6.45, 7) is 4.38. The molecule has 1 unspecified atom stereocenters. The van der Waals surface area contributed by atoms with Crippen LogP contribution < -0.4 is 0 Å². The number of hydrogen-bond acceptors (Lipinski definition) is 5. The van der Waals surface area contributed by atoms with Crippen molar-refractivity contribution in [1.29, 1.82) is 0 Å². The lowest BCUT2D eigenvalue weighted by atomic mass is 10.1. The van der Waals surface area contributed by atoms with Gasteiger partial charge in [-0.2, -0.15) is 4.98 Å². The van der Waals surface area contributed by atoms with Crippen LogP contribution in [0.25, 0.3) is 0 Å². The van der Waals surface area contributed by atoms with E-state index in [4.69, 9.17) is 27.7 Å². The van der Waals surface area contributed by atoms with E-state index in [1.165, 1.54) is 0 Å². The van der Waals surface area contributed by atoms with Crippen LogP contribution in [0.3, 0.4) is 0 Å². The van der Waals surface area contributed by atoms with Gasteiger partial charge in [-0.25, -0.2) is 0 Å². The molecule has 0 aliphatic carbocycles. The number of hydrogen-bond donors (Lipinski definition) is 0. The third-order valence-corrected chi connectivity index (χ3v) is 3.96. The van der Waals surface area contributed by atoms with Gasteiger partial charge in [-0.05, 0) is 26.0 Å². The van der Waals surface area contributed by atoms with Crippen molar-refractivity contribution < 1.29 is 4.52 Å². The summed E-state index contributed by atoms with van der Waals surface area (Å²) in [6.07, 6.45) is 2.63. The van der Waals surface area contributed by atoms with Gasteiger partial charge in [0.15, 0.2) is 5.82 Å². The first-order chi connectivity index (χ1) is 9.61. The van der Waals surface area contributed by atoms with E-state index in [9.17, 15) is 0 Å². The lowest BCUT2D eigenvalue weighted by Crippen LogP contribution is -2.20. The average Bonchev–Trinajstić information content (AvgIpc) is 3.02. The molecule has 0 aromatic carbocycles. The van der Waals surface area contributed by atoms with Gasteiger partial charge in [0.2, 0.25) is 5.89 Å². The van der Waals surface area contributed by atoms with Gasteiger partial charge >= 0.3 is 0 Å². The fraction of sp³-hybridized carbons (Fsp3) is 0.462. The van der Waals surface area contributed by atoms with Crippen LogP contribution in [-0.4, -0.2) is 33.1 Å². The minimum Gasteiger partial charge on any atom is -0.339 e. The molecule has 2 aromatic heterocycles. The summed E-state index contributed by atoms with van der Waals surface area (Å²) in [7, 11) is 0. The van der Waals surface area contributed by atoms with E-state index in [-0.39, 0.29) is 0 Å². The molecule has 0 spiro atoms. The Morgan fingerprint density at radius 1 is 1.45 bits per heavy atom. The van der Waals surface area contributed by atoms with Crippen LogP contribution in [0, 0.1) is 6.92 Å². The maximum absolute atomic E-state index is 6.15. The number of nitrogens with zero attached hydrogens (tertiary/aromatic N) is 4. The summed E-state index contributed by atoms with van der Waals surface area (Å²) < 4.78 is 5.24. The molecule has 3 rings (SSSR count). The lowest BCUT2D eigenvalue weighted by molar-refractivity contribution is 0.306. The van der Waals surface area contributed by atoms with E-state index >= 15 is 0 Å². The predicted molar refractivity (Wildman–Crippen MR) is 75.9 cm³/mol. The predicted octanol–water partition coefficient (Wildman–Crippen LogP) is 3.07. The summed E-state index contributed by atoms with van der Waals surface area (Å²) in [5.74, 6) is 1.70. The van der Waals surface area contributed by atoms with Gasteiger partial charge in [0.25, 0.3) is 0 Å². The molecule has 1 saturated heterocycles. The standard InChI is InChI=1S/C13H14Cl2N4O/c1-8-17-13(20-18-8)9-2-3-19(6-9)7-12-11(15)4-10(14)5-16-12/h4-5,9H,2-3,6-7H2,1H3. The van der Waals surface area contributed by atoms with Crippen molar-refractivity contribution in [3.63, 3.8) is 0 Å². The molecule has 0 bridgehead atoms. The van der Waals surface area contributed by atoms with Crippen LogP contribution in [0.5, 0.6) is 0 Å². The van der Waals surface area contributed by atoms with Crippen molar-refractivity contribution in [2.24, 2.45) is 0 Å². The Labute approximate surface area is 126 Å². The van der Waals surface area contributed by atoms with Gasteiger partial charge in [0.1, 0.15) is 0 Å². The molecular formula is C13H14Cl2N4O. The van der Waals surface area contributed by atoms with Gasteiger partial charge in [-0.1, -0.05) is 28.4 Å². The molecule has 3 heterocycles. The first-order valence-corrected chi connectivity index (χ1v) is 7.20. The van der Waals surface area contributed by atoms with Crippen LogP contribution in [-0.2, 0) is 6.54 Å². The van der Waals surface area contributed by atoms with Crippen molar-refractivity contribution in [2.75, 3.05) is 13.1 Å². The van der Waals surface area contributed by atoms with Crippen molar-refractivity contribution in [3.8, 4) is 0 Å². The zero-order chi connectivity index (χ0) is 14.1. The fourth-order valence-corrected chi connectivity index (χ4v) is 2.87. The van der Waals surface area contributed by atoms with Crippen LogP contribution in [0.4, 0.5) is 0 Å². The molecule has 106 valence electrons. The SMILES string of the molecule is Cc1noc(C2CCN(Cc3ncc(Cl)cc3Cl)C2)n1. The third-order valence-electron chi connectivity index (χ3n) is 3.42. The highest BCUT2D eigenvalue weighted by Crippen LogP contribution is 2.28. The highest BCUT2D eigenvalue weighted by Gasteiger charge is 2.28. The number of aromatic nitrogens is 3. The van der Waals surface area contributed by atoms with Gasteiger partial charge in [0, 0.05) is 19.3 Å². The van der Waals surface area contributed by atoms with Gasteiger partial charge in [-0.3, -0.25) is 9.88 Å². The second-order valence-corrected chi connectivity index (χ2v) is 5.83.